The van der Waals surface area contributed by atoms with Crippen molar-refractivity contribution in [1.29, 1.82) is 0 Å². The Hall–Kier alpha value is -2.32. The van der Waals surface area contributed by atoms with Gasteiger partial charge in [-0.05, 0) is 48.1 Å². The van der Waals surface area contributed by atoms with Crippen molar-refractivity contribution < 1.29 is 9.52 Å². The summed E-state index contributed by atoms with van der Waals surface area (Å²) >= 11 is 0. The van der Waals surface area contributed by atoms with Gasteiger partial charge in [0, 0.05) is 6.42 Å². The van der Waals surface area contributed by atoms with E-state index in [0.29, 0.717) is 0 Å². The fraction of sp³-hybridized carbons (Fsp3) is 0.360. The molecule has 1 heterocycles. The molecular formula is C25H30O2. The summed E-state index contributed by atoms with van der Waals surface area (Å²) in [5.74, 6) is 1.10. The maximum atomic E-state index is 10.7. The second kappa shape index (κ2) is 10.7. The van der Waals surface area contributed by atoms with Gasteiger partial charge in [0.1, 0.15) is 11.9 Å². The summed E-state index contributed by atoms with van der Waals surface area (Å²) in [4.78, 5) is 0. The number of hydrogen-bond acceptors (Lipinski definition) is 2. The average Bonchev–Trinajstić information content (AvgIpc) is 3.24. The average molecular weight is 363 g/mol. The Kier molecular flexibility index (Phi) is 7.73. The predicted octanol–water partition coefficient (Wildman–Crippen LogP) is 6.49. The van der Waals surface area contributed by atoms with Crippen molar-refractivity contribution >= 4 is 0 Å². The second-order valence-corrected chi connectivity index (χ2v) is 7.21. The smallest absolute Gasteiger partial charge is 0.104 e. The second-order valence-electron chi connectivity index (χ2n) is 7.21. The number of aliphatic hydroxyl groups excluding tert-OH is 1. The molecule has 0 amide bonds. The summed E-state index contributed by atoms with van der Waals surface area (Å²) in [6.07, 6.45) is 10.8. The fourth-order valence-electron chi connectivity index (χ4n) is 3.62. The molecule has 1 N–H and O–H groups in total. The molecule has 3 aromatic rings. The quantitative estimate of drug-likeness (QED) is 0.396. The van der Waals surface area contributed by atoms with E-state index in [2.05, 4.69) is 24.3 Å². The summed E-state index contributed by atoms with van der Waals surface area (Å²) in [5.41, 5.74) is 3.27. The van der Waals surface area contributed by atoms with E-state index in [4.69, 9.17) is 4.42 Å². The van der Waals surface area contributed by atoms with Crippen LogP contribution in [0.1, 0.15) is 67.1 Å². The topological polar surface area (TPSA) is 33.4 Å². The lowest BCUT2D eigenvalue weighted by Gasteiger charge is -2.16. The van der Waals surface area contributed by atoms with Crippen molar-refractivity contribution in [2.45, 2.75) is 57.5 Å². The van der Waals surface area contributed by atoms with Crippen LogP contribution in [0.15, 0.2) is 77.4 Å². The summed E-state index contributed by atoms with van der Waals surface area (Å²) in [5, 5.41) is 10.7. The largest absolute Gasteiger partial charge is 0.469 e. The Morgan fingerprint density at radius 3 is 2.07 bits per heavy atom. The number of unbranched alkanes of at least 4 members (excludes halogenated alkanes) is 5. The van der Waals surface area contributed by atoms with E-state index in [-0.39, 0.29) is 0 Å². The number of aliphatic hydroxyl groups is 1. The molecule has 2 nitrogen and oxygen atoms in total. The van der Waals surface area contributed by atoms with E-state index in [0.717, 1.165) is 29.7 Å². The number of furan rings is 1. The Morgan fingerprint density at radius 2 is 1.33 bits per heavy atom. The van der Waals surface area contributed by atoms with Gasteiger partial charge in [-0.15, -0.1) is 0 Å². The first-order valence-electron chi connectivity index (χ1n) is 10.2. The van der Waals surface area contributed by atoms with Gasteiger partial charge in [0.15, 0.2) is 0 Å². The molecular weight excluding hydrogens is 332 g/mol. The van der Waals surface area contributed by atoms with Crippen LogP contribution in [0, 0.1) is 0 Å². The third-order valence-electron chi connectivity index (χ3n) is 5.16. The Labute approximate surface area is 162 Å². The summed E-state index contributed by atoms with van der Waals surface area (Å²) in [6, 6.07) is 22.2. The molecule has 2 aromatic carbocycles. The van der Waals surface area contributed by atoms with Crippen LogP contribution in [0.25, 0.3) is 0 Å². The number of aryl methyl sites for hydroxylation is 2. The van der Waals surface area contributed by atoms with E-state index in [1.165, 1.54) is 44.1 Å². The number of benzene rings is 2. The summed E-state index contributed by atoms with van der Waals surface area (Å²) in [6.45, 7) is 0. The van der Waals surface area contributed by atoms with Crippen LogP contribution in [0.4, 0.5) is 0 Å². The van der Waals surface area contributed by atoms with Crippen LogP contribution in [0.5, 0.6) is 0 Å². The standard InChI is InChI=1S/C25H30O2/c26-25(22-15-7-5-8-16-22)24-19-11-10-14-21(24)13-6-3-1-2-4-9-17-23-18-12-20-27-23/h5,7-8,10-12,14-16,18-20,25-26H,1-4,6,9,13,17H2. The molecule has 0 saturated carbocycles. The minimum atomic E-state index is -0.538. The van der Waals surface area contributed by atoms with E-state index >= 15 is 0 Å². The van der Waals surface area contributed by atoms with Crippen LogP contribution >= 0.6 is 0 Å². The molecule has 2 heteroatoms. The molecule has 0 spiro atoms. The van der Waals surface area contributed by atoms with Gasteiger partial charge in [-0.25, -0.2) is 0 Å². The molecule has 3 rings (SSSR count). The van der Waals surface area contributed by atoms with Gasteiger partial charge < -0.3 is 9.52 Å². The highest BCUT2D eigenvalue weighted by molar-refractivity contribution is 5.35. The third kappa shape index (κ3) is 6.11. The van der Waals surface area contributed by atoms with Crippen molar-refractivity contribution in [2.24, 2.45) is 0 Å². The van der Waals surface area contributed by atoms with Gasteiger partial charge in [0.25, 0.3) is 0 Å². The molecule has 0 bridgehead atoms. The molecule has 0 aliphatic carbocycles. The lowest BCUT2D eigenvalue weighted by molar-refractivity contribution is 0.219. The molecule has 27 heavy (non-hydrogen) atoms. The van der Waals surface area contributed by atoms with E-state index < -0.39 is 6.10 Å². The molecule has 142 valence electrons. The lowest BCUT2D eigenvalue weighted by Crippen LogP contribution is -2.04. The monoisotopic (exact) mass is 362 g/mol. The first-order valence-corrected chi connectivity index (χ1v) is 10.2. The summed E-state index contributed by atoms with van der Waals surface area (Å²) in [7, 11) is 0. The van der Waals surface area contributed by atoms with Crippen molar-refractivity contribution in [3.8, 4) is 0 Å². The fourth-order valence-corrected chi connectivity index (χ4v) is 3.62. The van der Waals surface area contributed by atoms with Crippen LogP contribution in [0.2, 0.25) is 0 Å². The van der Waals surface area contributed by atoms with Gasteiger partial charge >= 0.3 is 0 Å². The molecule has 1 atom stereocenters. The SMILES string of the molecule is OC(c1ccccc1)c1ccccc1CCCCCCCCc1ccco1. The van der Waals surface area contributed by atoms with E-state index in [9.17, 15) is 5.11 Å². The van der Waals surface area contributed by atoms with Gasteiger partial charge in [-0.1, -0.05) is 80.3 Å². The highest BCUT2D eigenvalue weighted by Gasteiger charge is 2.13. The highest BCUT2D eigenvalue weighted by atomic mass is 16.3. The maximum absolute atomic E-state index is 10.7. The zero-order valence-corrected chi connectivity index (χ0v) is 16.0. The van der Waals surface area contributed by atoms with Gasteiger partial charge in [-0.2, -0.15) is 0 Å². The van der Waals surface area contributed by atoms with Crippen LogP contribution in [-0.2, 0) is 12.8 Å². The number of rotatable bonds is 11. The Balaban J connectivity index is 1.38. The third-order valence-corrected chi connectivity index (χ3v) is 5.16. The van der Waals surface area contributed by atoms with Gasteiger partial charge in [0.2, 0.25) is 0 Å². The number of hydrogen-bond donors (Lipinski definition) is 1. The highest BCUT2D eigenvalue weighted by Crippen LogP contribution is 2.26. The normalized spacial score (nSPS) is 12.2. The van der Waals surface area contributed by atoms with Crippen LogP contribution in [0.3, 0.4) is 0 Å². The maximum Gasteiger partial charge on any atom is 0.104 e. The molecule has 0 radical (unpaired) electrons. The predicted molar refractivity (Wildman–Crippen MR) is 111 cm³/mol. The molecule has 0 saturated heterocycles. The van der Waals surface area contributed by atoms with Crippen molar-refractivity contribution in [3.63, 3.8) is 0 Å². The zero-order chi connectivity index (χ0) is 18.7. The molecule has 0 fully saturated rings. The minimum absolute atomic E-state index is 0.538. The van der Waals surface area contributed by atoms with Crippen molar-refractivity contribution in [3.05, 3.63) is 95.4 Å². The van der Waals surface area contributed by atoms with Crippen LogP contribution in [-0.4, -0.2) is 5.11 Å². The van der Waals surface area contributed by atoms with Gasteiger partial charge in [0.05, 0.1) is 6.26 Å². The molecule has 0 aliphatic rings. The summed E-state index contributed by atoms with van der Waals surface area (Å²) < 4.78 is 5.37. The first-order chi connectivity index (χ1) is 13.3. The van der Waals surface area contributed by atoms with Crippen molar-refractivity contribution in [1.82, 2.24) is 0 Å². The zero-order valence-electron chi connectivity index (χ0n) is 16.0. The Bertz CT molecular complexity index is 762. The van der Waals surface area contributed by atoms with Crippen molar-refractivity contribution in [2.75, 3.05) is 0 Å². The molecule has 1 aromatic heterocycles. The minimum Gasteiger partial charge on any atom is -0.469 e. The van der Waals surface area contributed by atoms with E-state index in [1.54, 1.807) is 6.26 Å². The lowest BCUT2D eigenvalue weighted by atomic mass is 9.93. The molecule has 0 aliphatic heterocycles. The van der Waals surface area contributed by atoms with Crippen LogP contribution < -0.4 is 0 Å². The van der Waals surface area contributed by atoms with Gasteiger partial charge in [-0.3, -0.25) is 0 Å². The Morgan fingerprint density at radius 1 is 0.667 bits per heavy atom. The first kappa shape index (κ1) is 19.4. The van der Waals surface area contributed by atoms with E-state index in [1.807, 2.05) is 42.5 Å². The molecule has 1 unspecified atom stereocenters.